The van der Waals surface area contributed by atoms with E-state index in [4.69, 9.17) is 11.5 Å². The molecule has 138 valence electrons. The van der Waals surface area contributed by atoms with E-state index in [9.17, 15) is 18.0 Å². The fourth-order valence-electron chi connectivity index (χ4n) is 2.89. The van der Waals surface area contributed by atoms with Crippen LogP contribution in [0.2, 0.25) is 0 Å². The van der Waals surface area contributed by atoms with Gasteiger partial charge in [0, 0.05) is 37.7 Å². The van der Waals surface area contributed by atoms with E-state index in [0.717, 1.165) is 12.8 Å². The van der Waals surface area contributed by atoms with E-state index in [1.54, 1.807) is 0 Å². The van der Waals surface area contributed by atoms with Gasteiger partial charge in [0.2, 0.25) is 21.8 Å². The van der Waals surface area contributed by atoms with Crippen molar-refractivity contribution >= 4 is 21.8 Å². The van der Waals surface area contributed by atoms with Crippen molar-refractivity contribution in [2.24, 2.45) is 11.5 Å². The van der Waals surface area contributed by atoms with Gasteiger partial charge in [-0.2, -0.15) is 4.31 Å². The Labute approximate surface area is 147 Å². The van der Waals surface area contributed by atoms with Gasteiger partial charge in [-0.25, -0.2) is 8.42 Å². The van der Waals surface area contributed by atoms with E-state index in [1.165, 1.54) is 28.6 Å². The number of carbonyl (C=O) groups excluding carboxylic acids is 2. The lowest BCUT2D eigenvalue weighted by Gasteiger charge is -2.34. The zero-order valence-electron chi connectivity index (χ0n) is 14.0. The second-order valence-corrected chi connectivity index (χ2v) is 7.89. The van der Waals surface area contributed by atoms with Crippen LogP contribution in [0.15, 0.2) is 29.2 Å². The molecule has 25 heavy (non-hydrogen) atoms. The van der Waals surface area contributed by atoms with Gasteiger partial charge in [-0.15, -0.1) is 0 Å². The maximum Gasteiger partial charge on any atom is 0.248 e. The van der Waals surface area contributed by atoms with Crippen molar-refractivity contribution in [1.29, 1.82) is 0 Å². The number of benzene rings is 1. The molecule has 0 saturated carbocycles. The lowest BCUT2D eigenvalue weighted by Crippen LogP contribution is -2.49. The Kier molecular flexibility index (Phi) is 6.51. The predicted octanol–water partition coefficient (Wildman–Crippen LogP) is -0.206. The van der Waals surface area contributed by atoms with Crippen molar-refractivity contribution in [3.05, 3.63) is 29.8 Å². The van der Waals surface area contributed by atoms with Crippen LogP contribution in [0.5, 0.6) is 0 Å². The minimum absolute atomic E-state index is 0.0315. The summed E-state index contributed by atoms with van der Waals surface area (Å²) in [6, 6.07) is 5.38. The Morgan fingerprint density at radius 3 is 2.72 bits per heavy atom. The summed E-state index contributed by atoms with van der Waals surface area (Å²) in [5, 5.41) is 2.74. The molecule has 1 unspecified atom stereocenters. The third-order valence-electron chi connectivity index (χ3n) is 4.20. The number of rotatable bonds is 7. The molecule has 0 aromatic heterocycles. The summed E-state index contributed by atoms with van der Waals surface area (Å²) in [5.74, 6) is -0.873. The van der Waals surface area contributed by atoms with Crippen molar-refractivity contribution in [2.45, 2.75) is 36.6 Å². The highest BCUT2D eigenvalue weighted by atomic mass is 32.2. The quantitative estimate of drug-likeness (QED) is 0.612. The third kappa shape index (κ3) is 4.77. The number of hydrogen-bond donors (Lipinski definition) is 3. The van der Waals surface area contributed by atoms with Crippen LogP contribution < -0.4 is 16.8 Å². The molecule has 1 aromatic rings. The monoisotopic (exact) mass is 368 g/mol. The number of hydrogen-bond acceptors (Lipinski definition) is 5. The molecule has 1 atom stereocenters. The number of amides is 2. The summed E-state index contributed by atoms with van der Waals surface area (Å²) < 4.78 is 27.4. The van der Waals surface area contributed by atoms with Crippen molar-refractivity contribution in [2.75, 3.05) is 19.6 Å². The smallest absolute Gasteiger partial charge is 0.248 e. The number of carbonyl (C=O) groups is 2. The molecule has 8 nitrogen and oxygen atoms in total. The van der Waals surface area contributed by atoms with Crippen LogP contribution in [0.25, 0.3) is 0 Å². The average molecular weight is 368 g/mol. The first-order chi connectivity index (χ1) is 11.9. The van der Waals surface area contributed by atoms with Crippen LogP contribution in [0, 0.1) is 0 Å². The highest BCUT2D eigenvalue weighted by molar-refractivity contribution is 7.89. The number of nitrogens with two attached hydrogens (primary N) is 2. The normalized spacial score (nSPS) is 18.7. The topological polar surface area (TPSA) is 136 Å². The largest absolute Gasteiger partial charge is 0.366 e. The van der Waals surface area contributed by atoms with Gasteiger partial charge in [0.15, 0.2) is 0 Å². The molecule has 1 heterocycles. The maximum atomic E-state index is 13.0. The van der Waals surface area contributed by atoms with Gasteiger partial charge < -0.3 is 16.8 Å². The van der Waals surface area contributed by atoms with Crippen LogP contribution in [0.4, 0.5) is 0 Å². The van der Waals surface area contributed by atoms with E-state index >= 15 is 0 Å². The lowest BCUT2D eigenvalue weighted by atomic mass is 10.1. The fraction of sp³-hybridized carbons (Fsp3) is 0.500. The number of nitrogens with zero attached hydrogens (tertiary/aromatic N) is 1. The zero-order chi connectivity index (χ0) is 18.4. The van der Waals surface area contributed by atoms with Crippen molar-refractivity contribution in [3.63, 3.8) is 0 Å². The van der Waals surface area contributed by atoms with Gasteiger partial charge in [-0.05, 0) is 31.0 Å². The van der Waals surface area contributed by atoms with Crippen LogP contribution >= 0.6 is 0 Å². The number of sulfonamides is 1. The van der Waals surface area contributed by atoms with E-state index in [0.29, 0.717) is 13.0 Å². The Morgan fingerprint density at radius 2 is 2.04 bits per heavy atom. The molecule has 1 saturated heterocycles. The SMILES string of the molecule is NCCC(=O)NCC1CCCCN1S(=O)(=O)c1cccc(C(N)=O)c1. The van der Waals surface area contributed by atoms with Crippen LogP contribution in [-0.2, 0) is 14.8 Å². The summed E-state index contributed by atoms with van der Waals surface area (Å²) in [6.07, 6.45) is 2.52. The Balaban J connectivity index is 2.21. The number of nitrogens with one attached hydrogen (secondary N) is 1. The second kappa shape index (κ2) is 8.41. The molecule has 0 bridgehead atoms. The summed E-state index contributed by atoms with van der Waals surface area (Å²) in [6.45, 7) is 0.868. The van der Waals surface area contributed by atoms with Gasteiger partial charge in [-0.1, -0.05) is 12.5 Å². The standard InChI is InChI=1S/C16H24N4O4S/c17-8-7-15(21)19-11-13-5-1-2-9-20(13)25(23,24)14-6-3-4-12(10-14)16(18)22/h3-4,6,10,13H,1-2,5,7-9,11,17H2,(H2,18,22)(H,19,21). The highest BCUT2D eigenvalue weighted by Gasteiger charge is 2.33. The average Bonchev–Trinajstić information content (AvgIpc) is 2.60. The molecular formula is C16H24N4O4S. The van der Waals surface area contributed by atoms with E-state index in [2.05, 4.69) is 5.32 Å². The van der Waals surface area contributed by atoms with Crippen molar-refractivity contribution in [1.82, 2.24) is 9.62 Å². The van der Waals surface area contributed by atoms with Crippen molar-refractivity contribution < 1.29 is 18.0 Å². The molecule has 9 heteroatoms. The molecule has 1 aromatic carbocycles. The Hall–Kier alpha value is -1.97. The van der Waals surface area contributed by atoms with Crippen LogP contribution in [0.1, 0.15) is 36.0 Å². The molecule has 1 aliphatic rings. The predicted molar refractivity (Wildman–Crippen MR) is 93.2 cm³/mol. The molecule has 5 N–H and O–H groups in total. The van der Waals surface area contributed by atoms with E-state index in [1.807, 2.05) is 0 Å². The summed E-state index contributed by atoms with van der Waals surface area (Å²) in [4.78, 5) is 23.0. The van der Waals surface area contributed by atoms with Gasteiger partial charge in [0.1, 0.15) is 0 Å². The zero-order valence-corrected chi connectivity index (χ0v) is 14.8. The number of piperidine rings is 1. The fourth-order valence-corrected chi connectivity index (χ4v) is 4.63. The minimum Gasteiger partial charge on any atom is -0.366 e. The molecule has 0 radical (unpaired) electrons. The first-order valence-electron chi connectivity index (χ1n) is 8.24. The summed E-state index contributed by atoms with van der Waals surface area (Å²) in [7, 11) is -3.78. The molecule has 2 amide bonds. The molecule has 0 spiro atoms. The summed E-state index contributed by atoms with van der Waals surface area (Å²) in [5.41, 5.74) is 10.7. The first-order valence-corrected chi connectivity index (χ1v) is 9.68. The van der Waals surface area contributed by atoms with Crippen LogP contribution in [-0.4, -0.2) is 50.2 Å². The minimum atomic E-state index is -3.78. The summed E-state index contributed by atoms with van der Waals surface area (Å²) >= 11 is 0. The van der Waals surface area contributed by atoms with Crippen LogP contribution in [0.3, 0.4) is 0 Å². The maximum absolute atomic E-state index is 13.0. The van der Waals surface area contributed by atoms with Gasteiger partial charge in [-0.3, -0.25) is 9.59 Å². The van der Waals surface area contributed by atoms with Gasteiger partial charge >= 0.3 is 0 Å². The van der Waals surface area contributed by atoms with E-state index < -0.39 is 15.9 Å². The van der Waals surface area contributed by atoms with Crippen molar-refractivity contribution in [3.8, 4) is 0 Å². The Bertz CT molecular complexity index is 735. The molecular weight excluding hydrogens is 344 g/mol. The van der Waals surface area contributed by atoms with E-state index in [-0.39, 0.29) is 41.9 Å². The Morgan fingerprint density at radius 1 is 1.28 bits per heavy atom. The number of primary amides is 1. The molecule has 1 aliphatic heterocycles. The van der Waals surface area contributed by atoms with Gasteiger partial charge in [0.25, 0.3) is 0 Å². The molecule has 2 rings (SSSR count). The van der Waals surface area contributed by atoms with Gasteiger partial charge in [0.05, 0.1) is 4.90 Å². The molecule has 1 fully saturated rings. The third-order valence-corrected chi connectivity index (χ3v) is 6.15. The lowest BCUT2D eigenvalue weighted by molar-refractivity contribution is -0.121. The highest BCUT2D eigenvalue weighted by Crippen LogP contribution is 2.25. The molecule has 0 aliphatic carbocycles. The second-order valence-electron chi connectivity index (χ2n) is 6.00. The first kappa shape index (κ1) is 19.4.